The van der Waals surface area contributed by atoms with Crippen molar-refractivity contribution in [1.82, 2.24) is 0 Å². The van der Waals surface area contributed by atoms with Gasteiger partial charge < -0.3 is 64.2 Å². The normalized spacial score (nSPS) is 58.2. The van der Waals surface area contributed by atoms with Gasteiger partial charge in [0, 0.05) is 24.7 Å². The predicted octanol–water partition coefficient (Wildman–Crippen LogP) is 0.621. The monoisotopic (exact) mass is 754 g/mol. The number of fused-ring (bicyclic) bond motifs is 7. The van der Waals surface area contributed by atoms with E-state index < -0.39 is 80.4 Å². The SMILES string of the molecule is C[C@@H]1CCC2(OC1)OC1CC3C4CC[C@H]5C[C@@H](O[C@H]6OC(CO)[C@@H](O[C@@H]7OC(CO)[C@@H](O)C(O)C7O)C(O)C6O)CC[C@]5(C)C4C(=O)C[C@]3(C)C1[C@H]2C. The summed E-state index contributed by atoms with van der Waals surface area (Å²) in [7, 11) is 0. The van der Waals surface area contributed by atoms with Gasteiger partial charge in [0.25, 0.3) is 0 Å². The van der Waals surface area contributed by atoms with Crippen molar-refractivity contribution in [3.05, 3.63) is 0 Å². The number of ether oxygens (including phenoxy) is 6. The number of aliphatic hydroxyl groups is 7. The molecule has 8 fully saturated rings. The molecule has 1 spiro atoms. The van der Waals surface area contributed by atoms with Gasteiger partial charge in [0.1, 0.15) is 54.6 Å². The quantitative estimate of drug-likeness (QED) is 0.185. The smallest absolute Gasteiger partial charge is 0.187 e. The first-order valence-corrected chi connectivity index (χ1v) is 20.2. The zero-order valence-corrected chi connectivity index (χ0v) is 31.4. The highest BCUT2D eigenvalue weighted by Gasteiger charge is 2.71. The molecule has 4 heterocycles. The van der Waals surface area contributed by atoms with E-state index in [0.29, 0.717) is 48.7 Å². The average molecular weight is 755 g/mol. The fraction of sp³-hybridized carbons (Fsp3) is 0.974. The Morgan fingerprint density at radius 1 is 0.774 bits per heavy atom. The minimum Gasteiger partial charge on any atom is -0.394 e. The van der Waals surface area contributed by atoms with Crippen LogP contribution in [0, 0.1) is 52.3 Å². The molecule has 7 N–H and O–H groups in total. The predicted molar refractivity (Wildman–Crippen MR) is 183 cm³/mol. The van der Waals surface area contributed by atoms with Gasteiger partial charge in [-0.2, -0.15) is 0 Å². The van der Waals surface area contributed by atoms with Gasteiger partial charge in [-0.05, 0) is 85.4 Å². The molecule has 14 nitrogen and oxygen atoms in total. The van der Waals surface area contributed by atoms with E-state index in [0.717, 1.165) is 45.1 Å². The van der Waals surface area contributed by atoms with Crippen LogP contribution in [0.5, 0.6) is 0 Å². The van der Waals surface area contributed by atoms with Crippen molar-refractivity contribution in [3.8, 4) is 0 Å². The minimum absolute atomic E-state index is 0.0208. The highest BCUT2D eigenvalue weighted by atomic mass is 16.7. The summed E-state index contributed by atoms with van der Waals surface area (Å²) in [4.78, 5) is 14.5. The molecular formula is C39H62O14. The maximum absolute atomic E-state index is 14.5. The van der Waals surface area contributed by atoms with Crippen LogP contribution < -0.4 is 0 Å². The van der Waals surface area contributed by atoms with Crippen LogP contribution in [0.15, 0.2) is 0 Å². The van der Waals surface area contributed by atoms with Crippen LogP contribution in [0.25, 0.3) is 0 Å². The van der Waals surface area contributed by atoms with Crippen molar-refractivity contribution in [1.29, 1.82) is 0 Å². The number of hydrogen-bond donors (Lipinski definition) is 7. The third-order valence-corrected chi connectivity index (χ3v) is 15.9. The summed E-state index contributed by atoms with van der Waals surface area (Å²) in [5, 5.41) is 72.7. The first kappa shape index (κ1) is 39.0. The second kappa shape index (κ2) is 14.2. The van der Waals surface area contributed by atoms with E-state index in [4.69, 9.17) is 28.4 Å². The zero-order valence-electron chi connectivity index (χ0n) is 31.4. The third kappa shape index (κ3) is 6.12. The van der Waals surface area contributed by atoms with Crippen molar-refractivity contribution < 1.29 is 69.0 Å². The summed E-state index contributed by atoms with van der Waals surface area (Å²) in [5.41, 5.74) is -0.288. The molecular weight excluding hydrogens is 692 g/mol. The number of Topliss-reactive ketones (excluding diaryl/α,β-unsaturated/α-hetero) is 1. The average Bonchev–Trinajstić information content (AvgIpc) is 3.57. The van der Waals surface area contributed by atoms with E-state index in [1.54, 1.807) is 0 Å². The topological polar surface area (TPSA) is 214 Å². The molecule has 4 saturated carbocycles. The van der Waals surface area contributed by atoms with Gasteiger partial charge in [-0.15, -0.1) is 0 Å². The Labute approximate surface area is 311 Å². The van der Waals surface area contributed by atoms with E-state index in [9.17, 15) is 40.5 Å². The molecule has 4 aliphatic carbocycles. The van der Waals surface area contributed by atoms with Crippen LogP contribution in [-0.2, 0) is 33.2 Å². The van der Waals surface area contributed by atoms with Crippen molar-refractivity contribution in [2.24, 2.45) is 52.3 Å². The number of aliphatic hydroxyl groups excluding tert-OH is 7. The first-order valence-electron chi connectivity index (χ1n) is 20.2. The van der Waals surface area contributed by atoms with Crippen LogP contribution in [0.4, 0.5) is 0 Å². The zero-order chi connectivity index (χ0) is 37.8. The van der Waals surface area contributed by atoms with E-state index >= 15 is 0 Å². The van der Waals surface area contributed by atoms with Crippen molar-refractivity contribution in [2.45, 2.75) is 165 Å². The molecule has 12 unspecified atom stereocenters. The highest BCUT2D eigenvalue weighted by molar-refractivity contribution is 5.84. The summed E-state index contributed by atoms with van der Waals surface area (Å²) in [6, 6.07) is 0. The Balaban J connectivity index is 0.911. The molecule has 0 aromatic carbocycles. The minimum atomic E-state index is -1.74. The molecule has 0 aromatic heterocycles. The molecule has 0 aromatic rings. The maximum Gasteiger partial charge on any atom is 0.187 e. The van der Waals surface area contributed by atoms with Gasteiger partial charge in [-0.25, -0.2) is 0 Å². The molecule has 22 atom stereocenters. The molecule has 8 aliphatic rings. The van der Waals surface area contributed by atoms with E-state index in [-0.39, 0.29) is 40.8 Å². The lowest BCUT2D eigenvalue weighted by molar-refractivity contribution is -0.364. The molecule has 53 heavy (non-hydrogen) atoms. The lowest BCUT2D eigenvalue weighted by atomic mass is 9.44. The summed E-state index contributed by atoms with van der Waals surface area (Å²) in [6.45, 7) is 8.63. The molecule has 302 valence electrons. The molecule has 4 aliphatic heterocycles. The fourth-order valence-electron chi connectivity index (χ4n) is 13.0. The summed E-state index contributed by atoms with van der Waals surface area (Å²) >= 11 is 0. The second-order valence-corrected chi connectivity index (χ2v) is 18.7. The van der Waals surface area contributed by atoms with Crippen LogP contribution in [-0.4, -0.2) is 141 Å². The summed E-state index contributed by atoms with van der Waals surface area (Å²) in [6.07, 6.45) is -7.48. The molecule has 14 heteroatoms. The second-order valence-electron chi connectivity index (χ2n) is 18.7. The largest absolute Gasteiger partial charge is 0.394 e. The van der Waals surface area contributed by atoms with Crippen LogP contribution in [0.1, 0.15) is 85.5 Å². The number of hydrogen-bond acceptors (Lipinski definition) is 14. The standard InChI is InChI=1S/C39H62O14/c1-17-7-10-39(48-16-17)18(2)27-24(53-39)12-22-21-6-5-19-11-20(8-9-37(19,3)28(21)23(42)13-38(22,27)4)49-35-33(47)31(45)34(26(15-41)51-35)52-36-32(46)30(44)29(43)25(14-40)50-36/h17-22,24-36,40-41,43-47H,5-16H2,1-4H3/t17-,18-,19+,20+,21?,22?,24?,25?,26?,27?,28?,29-,30?,31?,32?,33?,34-,35+,36+,37+,38+,39?/m1/s1. The fourth-order valence-corrected chi connectivity index (χ4v) is 13.0. The number of rotatable bonds is 6. The van der Waals surface area contributed by atoms with Crippen molar-refractivity contribution in [2.75, 3.05) is 19.8 Å². The van der Waals surface area contributed by atoms with Crippen molar-refractivity contribution >= 4 is 5.78 Å². The van der Waals surface area contributed by atoms with E-state index in [2.05, 4.69) is 27.7 Å². The van der Waals surface area contributed by atoms with Crippen LogP contribution in [0.2, 0.25) is 0 Å². The number of carbonyl (C=O) groups is 1. The molecule has 0 amide bonds. The first-order chi connectivity index (χ1) is 25.2. The van der Waals surface area contributed by atoms with Gasteiger partial charge in [0.2, 0.25) is 0 Å². The highest BCUT2D eigenvalue weighted by Crippen LogP contribution is 2.70. The van der Waals surface area contributed by atoms with Gasteiger partial charge in [0.05, 0.1) is 32.0 Å². The Morgan fingerprint density at radius 3 is 2.17 bits per heavy atom. The van der Waals surface area contributed by atoms with Crippen LogP contribution in [0.3, 0.4) is 0 Å². The summed E-state index contributed by atoms with van der Waals surface area (Å²) in [5.74, 6) is 1.91. The number of ketones is 1. The lowest BCUT2D eigenvalue weighted by Crippen LogP contribution is -2.65. The Kier molecular flexibility index (Phi) is 10.5. The number of carbonyl (C=O) groups excluding carboxylic acids is 1. The Bertz CT molecular complexity index is 1340. The van der Waals surface area contributed by atoms with Gasteiger partial charge >= 0.3 is 0 Å². The van der Waals surface area contributed by atoms with Gasteiger partial charge in [0.15, 0.2) is 18.4 Å². The van der Waals surface area contributed by atoms with Crippen molar-refractivity contribution in [3.63, 3.8) is 0 Å². The van der Waals surface area contributed by atoms with E-state index in [1.165, 1.54) is 0 Å². The van der Waals surface area contributed by atoms with Gasteiger partial charge in [-0.3, -0.25) is 4.79 Å². The van der Waals surface area contributed by atoms with E-state index in [1.807, 2.05) is 0 Å². The maximum atomic E-state index is 14.5. The summed E-state index contributed by atoms with van der Waals surface area (Å²) < 4.78 is 36.8. The molecule has 8 rings (SSSR count). The van der Waals surface area contributed by atoms with Crippen LogP contribution >= 0.6 is 0 Å². The molecule has 0 bridgehead atoms. The molecule has 0 radical (unpaired) electrons. The Morgan fingerprint density at radius 2 is 1.47 bits per heavy atom. The molecule has 4 saturated heterocycles. The lowest BCUT2D eigenvalue weighted by Gasteiger charge is -2.60. The Hall–Kier alpha value is -0.850. The van der Waals surface area contributed by atoms with Gasteiger partial charge in [-0.1, -0.05) is 27.7 Å². The third-order valence-electron chi connectivity index (χ3n) is 15.9.